The van der Waals surface area contributed by atoms with Gasteiger partial charge in [0.25, 0.3) is 0 Å². The van der Waals surface area contributed by atoms with Crippen molar-refractivity contribution < 1.29 is 26.7 Å². The zero-order valence-corrected chi connectivity index (χ0v) is 18.0. The summed E-state index contributed by atoms with van der Waals surface area (Å²) in [5.74, 6) is -2.36. The first kappa shape index (κ1) is 21.9. The fourth-order valence-corrected chi connectivity index (χ4v) is 5.27. The van der Waals surface area contributed by atoms with E-state index in [1.54, 1.807) is 4.90 Å². The number of ether oxygens (including phenoxy) is 1. The summed E-state index contributed by atoms with van der Waals surface area (Å²) in [5.41, 5.74) is 1.25. The molecule has 1 saturated heterocycles. The molecule has 4 rings (SSSR count). The lowest BCUT2D eigenvalue weighted by molar-refractivity contribution is -0.115. The van der Waals surface area contributed by atoms with Gasteiger partial charge in [0, 0.05) is 31.4 Å². The zero-order valence-electron chi connectivity index (χ0n) is 16.4. The van der Waals surface area contributed by atoms with Crippen molar-refractivity contribution in [1.29, 1.82) is 0 Å². The maximum Gasteiger partial charge on any atom is 0.243 e. The Morgan fingerprint density at radius 1 is 1.10 bits per heavy atom. The Balaban J connectivity index is 1.49. The third-order valence-electron chi connectivity index (χ3n) is 5.27. The summed E-state index contributed by atoms with van der Waals surface area (Å²) in [6.07, 6.45) is 0.494. The molecule has 2 aliphatic rings. The summed E-state index contributed by atoms with van der Waals surface area (Å²) < 4.78 is 59.2. The second kappa shape index (κ2) is 8.70. The van der Waals surface area contributed by atoms with E-state index >= 15 is 0 Å². The molecule has 2 aromatic carbocycles. The number of anilines is 2. The number of rotatable bonds is 5. The van der Waals surface area contributed by atoms with E-state index in [0.29, 0.717) is 37.4 Å². The van der Waals surface area contributed by atoms with Gasteiger partial charge < -0.3 is 15.0 Å². The molecule has 0 unspecified atom stereocenters. The molecule has 7 nitrogen and oxygen atoms in total. The van der Waals surface area contributed by atoms with Gasteiger partial charge in [-0.3, -0.25) is 4.79 Å². The molecule has 2 aliphatic heterocycles. The minimum Gasteiger partial charge on any atom is -0.379 e. The standard InChI is InChI=1S/C20H20ClF2N3O4S/c21-15-2-1-14(31(28,29)26-5-7-30-8-6-26)10-18(15)24-20(27)12-25-4-3-13-9-16(22)17(23)11-19(13)25/h1-2,9-11H,3-8,12H2,(H,24,27). The summed E-state index contributed by atoms with van der Waals surface area (Å²) in [6.45, 7) is 1.45. The topological polar surface area (TPSA) is 79.0 Å². The van der Waals surface area contributed by atoms with Crippen LogP contribution in [0.3, 0.4) is 0 Å². The van der Waals surface area contributed by atoms with Crippen molar-refractivity contribution in [2.75, 3.05) is 49.6 Å². The minimum atomic E-state index is -3.75. The lowest BCUT2D eigenvalue weighted by atomic mass is 10.1. The van der Waals surface area contributed by atoms with Crippen LogP contribution in [-0.2, 0) is 26.0 Å². The van der Waals surface area contributed by atoms with Crippen molar-refractivity contribution in [1.82, 2.24) is 4.31 Å². The van der Waals surface area contributed by atoms with Crippen LogP contribution < -0.4 is 10.2 Å². The molecule has 0 bridgehead atoms. The van der Waals surface area contributed by atoms with Gasteiger partial charge in [0.1, 0.15) is 0 Å². The van der Waals surface area contributed by atoms with Crippen LogP contribution in [0.4, 0.5) is 20.2 Å². The van der Waals surface area contributed by atoms with Crippen LogP contribution in [0.5, 0.6) is 0 Å². The fourth-order valence-electron chi connectivity index (χ4n) is 3.67. The molecule has 1 amide bonds. The molecule has 166 valence electrons. The van der Waals surface area contributed by atoms with Gasteiger partial charge in [0.05, 0.1) is 35.4 Å². The number of benzene rings is 2. The average molecular weight is 472 g/mol. The van der Waals surface area contributed by atoms with Crippen molar-refractivity contribution in [2.24, 2.45) is 0 Å². The van der Waals surface area contributed by atoms with Gasteiger partial charge in [-0.15, -0.1) is 0 Å². The van der Waals surface area contributed by atoms with Crippen LogP contribution in [0, 0.1) is 11.6 Å². The zero-order chi connectivity index (χ0) is 22.2. The predicted octanol–water partition coefficient (Wildman–Crippen LogP) is 2.64. The second-order valence-corrected chi connectivity index (χ2v) is 9.62. The van der Waals surface area contributed by atoms with Gasteiger partial charge >= 0.3 is 0 Å². The first-order valence-corrected chi connectivity index (χ1v) is 11.5. The summed E-state index contributed by atoms with van der Waals surface area (Å²) in [4.78, 5) is 14.2. The van der Waals surface area contributed by atoms with E-state index in [-0.39, 0.29) is 35.2 Å². The number of fused-ring (bicyclic) bond motifs is 1. The van der Waals surface area contributed by atoms with Crippen LogP contribution in [-0.4, -0.2) is 58.0 Å². The number of morpholine rings is 1. The van der Waals surface area contributed by atoms with E-state index < -0.39 is 27.6 Å². The maximum absolute atomic E-state index is 13.6. The van der Waals surface area contributed by atoms with Crippen molar-refractivity contribution in [3.63, 3.8) is 0 Å². The van der Waals surface area contributed by atoms with Crippen LogP contribution >= 0.6 is 11.6 Å². The van der Waals surface area contributed by atoms with E-state index in [9.17, 15) is 22.0 Å². The first-order valence-electron chi connectivity index (χ1n) is 9.66. The van der Waals surface area contributed by atoms with E-state index in [1.807, 2.05) is 0 Å². The number of hydrogen-bond donors (Lipinski definition) is 1. The predicted molar refractivity (Wildman–Crippen MR) is 112 cm³/mol. The summed E-state index contributed by atoms with van der Waals surface area (Å²) in [5, 5.41) is 2.81. The Hall–Kier alpha value is -2.27. The Bertz CT molecular complexity index is 1120. The van der Waals surface area contributed by atoms with E-state index in [4.69, 9.17) is 16.3 Å². The number of hydrogen-bond acceptors (Lipinski definition) is 5. The molecule has 0 spiro atoms. The fraction of sp³-hybridized carbons (Fsp3) is 0.350. The highest BCUT2D eigenvalue weighted by Gasteiger charge is 2.28. The van der Waals surface area contributed by atoms with E-state index in [0.717, 1.165) is 12.1 Å². The Kier molecular flexibility index (Phi) is 6.16. The van der Waals surface area contributed by atoms with Gasteiger partial charge in [-0.25, -0.2) is 17.2 Å². The summed E-state index contributed by atoms with van der Waals surface area (Å²) in [7, 11) is -3.75. The quantitative estimate of drug-likeness (QED) is 0.725. The minimum absolute atomic E-state index is 0.0122. The van der Waals surface area contributed by atoms with Crippen LogP contribution in [0.15, 0.2) is 35.2 Å². The molecule has 1 fully saturated rings. The molecule has 31 heavy (non-hydrogen) atoms. The number of nitrogens with one attached hydrogen (secondary N) is 1. The molecule has 0 atom stereocenters. The second-order valence-electron chi connectivity index (χ2n) is 7.27. The number of carbonyl (C=O) groups excluding carboxylic acids is 1. The Morgan fingerprint density at radius 2 is 1.81 bits per heavy atom. The van der Waals surface area contributed by atoms with Crippen molar-refractivity contribution in [3.8, 4) is 0 Å². The van der Waals surface area contributed by atoms with Crippen molar-refractivity contribution >= 4 is 38.9 Å². The highest BCUT2D eigenvalue weighted by molar-refractivity contribution is 7.89. The van der Waals surface area contributed by atoms with Crippen molar-refractivity contribution in [3.05, 3.63) is 52.6 Å². The number of nitrogens with zero attached hydrogens (tertiary/aromatic N) is 2. The van der Waals surface area contributed by atoms with Crippen molar-refractivity contribution in [2.45, 2.75) is 11.3 Å². The third-order valence-corrected chi connectivity index (χ3v) is 7.49. The summed E-state index contributed by atoms with van der Waals surface area (Å²) >= 11 is 6.16. The first-order chi connectivity index (χ1) is 14.8. The van der Waals surface area contributed by atoms with E-state index in [1.165, 1.54) is 22.5 Å². The number of amides is 1. The molecule has 11 heteroatoms. The number of halogens is 3. The van der Waals surface area contributed by atoms with Gasteiger partial charge in [-0.2, -0.15) is 4.31 Å². The Labute approximate surface area is 183 Å². The van der Waals surface area contributed by atoms with Gasteiger partial charge in [-0.1, -0.05) is 11.6 Å². The molecule has 1 N–H and O–H groups in total. The van der Waals surface area contributed by atoms with Gasteiger partial charge in [-0.05, 0) is 36.2 Å². The lowest BCUT2D eigenvalue weighted by Gasteiger charge is -2.26. The SMILES string of the molecule is O=C(CN1CCc2cc(F)c(F)cc21)Nc1cc(S(=O)(=O)N2CCOCC2)ccc1Cl. The molecule has 2 aromatic rings. The largest absolute Gasteiger partial charge is 0.379 e. The number of carbonyl (C=O) groups is 1. The number of sulfonamides is 1. The molecule has 0 radical (unpaired) electrons. The summed E-state index contributed by atoms with van der Waals surface area (Å²) in [6, 6.07) is 6.33. The Morgan fingerprint density at radius 3 is 2.55 bits per heavy atom. The molecular formula is C20H20ClF2N3O4S. The van der Waals surface area contributed by atoms with Crippen LogP contribution in [0.25, 0.3) is 0 Å². The lowest BCUT2D eigenvalue weighted by Crippen LogP contribution is -2.40. The van der Waals surface area contributed by atoms with Crippen LogP contribution in [0.1, 0.15) is 5.56 Å². The monoisotopic (exact) mass is 471 g/mol. The highest BCUT2D eigenvalue weighted by Crippen LogP contribution is 2.31. The maximum atomic E-state index is 13.6. The molecule has 0 aromatic heterocycles. The van der Waals surface area contributed by atoms with Gasteiger partial charge in [0.2, 0.25) is 15.9 Å². The smallest absolute Gasteiger partial charge is 0.243 e. The highest BCUT2D eigenvalue weighted by atomic mass is 35.5. The molecule has 2 heterocycles. The van der Waals surface area contributed by atoms with Crippen LogP contribution in [0.2, 0.25) is 5.02 Å². The average Bonchev–Trinajstić information content (AvgIpc) is 3.11. The molecular weight excluding hydrogens is 452 g/mol. The third kappa shape index (κ3) is 4.52. The molecule has 0 aliphatic carbocycles. The normalized spacial score (nSPS) is 16.9. The molecule has 0 saturated carbocycles. The van der Waals surface area contributed by atoms with E-state index in [2.05, 4.69) is 5.32 Å². The van der Waals surface area contributed by atoms with Gasteiger partial charge in [0.15, 0.2) is 11.6 Å².